The molecule has 0 bridgehead atoms. The molecule has 0 fully saturated rings. The van der Waals surface area contributed by atoms with Gasteiger partial charge in [0, 0.05) is 11.6 Å². The molecule has 0 aliphatic carbocycles. The lowest BCUT2D eigenvalue weighted by atomic mass is 10.2. The highest BCUT2D eigenvalue weighted by molar-refractivity contribution is 5.87. The lowest BCUT2D eigenvalue weighted by molar-refractivity contribution is -0.127. The summed E-state index contributed by atoms with van der Waals surface area (Å²) in [4.78, 5) is 23.1. The van der Waals surface area contributed by atoms with Crippen LogP contribution in [0.15, 0.2) is 53.6 Å². The van der Waals surface area contributed by atoms with Crippen molar-refractivity contribution in [2.24, 2.45) is 5.10 Å². The molecule has 25 heavy (non-hydrogen) atoms. The number of aromatic hydroxyl groups is 2. The van der Waals surface area contributed by atoms with Crippen LogP contribution in [0.25, 0.3) is 0 Å². The van der Waals surface area contributed by atoms with Crippen LogP contribution in [-0.4, -0.2) is 41.4 Å². The zero-order chi connectivity index (χ0) is 18.1. The number of benzene rings is 2. The highest BCUT2D eigenvalue weighted by Gasteiger charge is 2.06. The van der Waals surface area contributed by atoms with Crippen molar-refractivity contribution in [3.8, 4) is 17.2 Å². The smallest absolute Gasteiger partial charge is 0.259 e. The van der Waals surface area contributed by atoms with Crippen molar-refractivity contribution in [2.75, 3.05) is 13.2 Å². The molecule has 0 saturated carbocycles. The highest BCUT2D eigenvalue weighted by Crippen LogP contribution is 2.20. The van der Waals surface area contributed by atoms with E-state index in [4.69, 9.17) is 9.84 Å². The quantitative estimate of drug-likeness (QED) is 0.437. The normalized spacial score (nSPS) is 10.4. The van der Waals surface area contributed by atoms with Crippen molar-refractivity contribution in [1.29, 1.82) is 0 Å². The summed E-state index contributed by atoms with van der Waals surface area (Å²) in [7, 11) is 0. The van der Waals surface area contributed by atoms with Crippen molar-refractivity contribution < 1.29 is 24.5 Å². The lowest BCUT2D eigenvalue weighted by Crippen LogP contribution is -2.37. The van der Waals surface area contributed by atoms with E-state index in [0.29, 0.717) is 11.3 Å². The Hall–Kier alpha value is -3.55. The summed E-state index contributed by atoms with van der Waals surface area (Å²) in [5.74, 6) is -0.689. The average molecular weight is 343 g/mol. The van der Waals surface area contributed by atoms with E-state index in [1.54, 1.807) is 24.3 Å². The van der Waals surface area contributed by atoms with E-state index >= 15 is 0 Å². The summed E-state index contributed by atoms with van der Waals surface area (Å²) in [5.41, 5.74) is 2.52. The summed E-state index contributed by atoms with van der Waals surface area (Å²) in [6.45, 7) is -0.474. The molecule has 0 atom stereocenters. The summed E-state index contributed by atoms with van der Waals surface area (Å²) >= 11 is 0. The van der Waals surface area contributed by atoms with Crippen molar-refractivity contribution in [2.45, 2.75) is 0 Å². The van der Waals surface area contributed by atoms with E-state index in [2.05, 4.69) is 15.8 Å². The van der Waals surface area contributed by atoms with E-state index in [1.807, 2.05) is 6.07 Å². The number of phenols is 2. The van der Waals surface area contributed by atoms with E-state index in [1.165, 1.54) is 18.3 Å². The van der Waals surface area contributed by atoms with Crippen LogP contribution in [-0.2, 0) is 9.59 Å². The lowest BCUT2D eigenvalue weighted by Gasteiger charge is -2.06. The fraction of sp³-hybridized carbons (Fsp3) is 0.118. The van der Waals surface area contributed by atoms with E-state index in [-0.39, 0.29) is 24.7 Å². The minimum absolute atomic E-state index is 0.0841. The van der Waals surface area contributed by atoms with Gasteiger partial charge in [0.05, 0.1) is 12.8 Å². The fourth-order valence-electron chi connectivity index (χ4n) is 1.75. The van der Waals surface area contributed by atoms with Crippen LogP contribution in [0.3, 0.4) is 0 Å². The number of nitrogens with one attached hydrogen (secondary N) is 2. The number of carbonyl (C=O) groups is 2. The third kappa shape index (κ3) is 6.22. The Morgan fingerprint density at radius 3 is 2.56 bits per heavy atom. The molecule has 0 aliphatic heterocycles. The maximum Gasteiger partial charge on any atom is 0.259 e. The van der Waals surface area contributed by atoms with Gasteiger partial charge in [0.15, 0.2) is 6.61 Å². The van der Waals surface area contributed by atoms with Crippen molar-refractivity contribution in [3.63, 3.8) is 0 Å². The molecular formula is C17H17N3O5. The minimum atomic E-state index is -0.539. The SMILES string of the molecule is O=C(COc1ccccc1)NCC(=O)N/N=C/c1ccc(O)cc1O. The molecule has 2 rings (SSSR count). The van der Waals surface area contributed by atoms with Gasteiger partial charge in [-0.1, -0.05) is 18.2 Å². The standard InChI is InChI=1S/C17H17N3O5/c21-13-7-6-12(15(22)8-13)9-19-20-16(23)10-18-17(24)11-25-14-4-2-1-3-5-14/h1-9,21-22H,10-11H2,(H,18,24)(H,20,23)/b19-9+. The zero-order valence-corrected chi connectivity index (χ0v) is 13.2. The third-order valence-electron chi connectivity index (χ3n) is 2.97. The second-order valence-corrected chi connectivity index (χ2v) is 4.91. The first-order chi connectivity index (χ1) is 12.0. The molecule has 0 saturated heterocycles. The van der Waals surface area contributed by atoms with Gasteiger partial charge in [-0.05, 0) is 24.3 Å². The molecule has 0 heterocycles. The van der Waals surface area contributed by atoms with Crippen molar-refractivity contribution in [1.82, 2.24) is 10.7 Å². The molecule has 130 valence electrons. The van der Waals surface area contributed by atoms with Crippen LogP contribution in [0, 0.1) is 0 Å². The molecule has 2 aromatic rings. The summed E-state index contributed by atoms with van der Waals surface area (Å²) < 4.78 is 5.24. The van der Waals surface area contributed by atoms with E-state index in [9.17, 15) is 14.7 Å². The van der Waals surface area contributed by atoms with Gasteiger partial charge in [-0.15, -0.1) is 0 Å². The molecule has 8 nitrogen and oxygen atoms in total. The third-order valence-corrected chi connectivity index (χ3v) is 2.97. The van der Waals surface area contributed by atoms with Crippen LogP contribution in [0.2, 0.25) is 0 Å². The zero-order valence-electron chi connectivity index (χ0n) is 13.2. The molecule has 0 aromatic heterocycles. The molecule has 0 radical (unpaired) electrons. The van der Waals surface area contributed by atoms with Crippen LogP contribution in [0.4, 0.5) is 0 Å². The molecule has 0 spiro atoms. The number of carbonyl (C=O) groups excluding carboxylic acids is 2. The highest BCUT2D eigenvalue weighted by atomic mass is 16.5. The Morgan fingerprint density at radius 2 is 1.84 bits per heavy atom. The number of hydrazone groups is 1. The number of hydrogen-bond donors (Lipinski definition) is 4. The summed E-state index contributed by atoms with van der Waals surface area (Å²) in [6.07, 6.45) is 1.22. The van der Waals surface area contributed by atoms with Gasteiger partial charge in [0.25, 0.3) is 11.8 Å². The number of amides is 2. The van der Waals surface area contributed by atoms with E-state index in [0.717, 1.165) is 6.07 Å². The van der Waals surface area contributed by atoms with E-state index < -0.39 is 11.8 Å². The summed E-state index contributed by atoms with van der Waals surface area (Å²) in [5, 5.41) is 24.8. The predicted molar refractivity (Wildman–Crippen MR) is 90.5 cm³/mol. The Bertz CT molecular complexity index is 762. The molecule has 0 unspecified atom stereocenters. The Labute approximate surface area is 143 Å². The van der Waals surface area contributed by atoms with Gasteiger partial charge in [-0.2, -0.15) is 5.10 Å². The first-order valence-corrected chi connectivity index (χ1v) is 7.33. The van der Waals surface area contributed by atoms with Crippen molar-refractivity contribution in [3.05, 3.63) is 54.1 Å². The predicted octanol–water partition coefficient (Wildman–Crippen LogP) is 0.743. The monoisotopic (exact) mass is 343 g/mol. The van der Waals surface area contributed by atoms with Crippen LogP contribution < -0.4 is 15.5 Å². The van der Waals surface area contributed by atoms with Gasteiger partial charge in [-0.3, -0.25) is 9.59 Å². The minimum Gasteiger partial charge on any atom is -0.508 e. The topological polar surface area (TPSA) is 120 Å². The summed E-state index contributed by atoms with van der Waals surface area (Å²) in [6, 6.07) is 12.8. The Balaban J connectivity index is 1.69. The average Bonchev–Trinajstić information content (AvgIpc) is 2.61. The maximum absolute atomic E-state index is 11.6. The molecular weight excluding hydrogens is 326 g/mol. The van der Waals surface area contributed by atoms with Crippen LogP contribution in [0.5, 0.6) is 17.2 Å². The number of phenolic OH excluding ortho intramolecular Hbond substituents is 2. The first kappa shape index (κ1) is 17.8. The molecule has 0 aliphatic rings. The molecule has 2 amide bonds. The molecule has 4 N–H and O–H groups in total. The van der Waals surface area contributed by atoms with Gasteiger partial charge in [0.2, 0.25) is 0 Å². The Morgan fingerprint density at radius 1 is 1.08 bits per heavy atom. The fourth-order valence-corrected chi connectivity index (χ4v) is 1.75. The van der Waals surface area contributed by atoms with Gasteiger partial charge < -0.3 is 20.3 Å². The van der Waals surface area contributed by atoms with Crippen LogP contribution >= 0.6 is 0 Å². The number of para-hydroxylation sites is 1. The number of rotatable bonds is 7. The number of hydrogen-bond acceptors (Lipinski definition) is 6. The first-order valence-electron chi connectivity index (χ1n) is 7.33. The van der Waals surface area contributed by atoms with Crippen LogP contribution in [0.1, 0.15) is 5.56 Å². The second kappa shape index (κ2) is 8.92. The number of ether oxygens (including phenoxy) is 1. The maximum atomic E-state index is 11.6. The molecule has 8 heteroatoms. The van der Waals surface area contributed by atoms with Crippen molar-refractivity contribution >= 4 is 18.0 Å². The Kier molecular flexibility index (Phi) is 6.35. The molecule has 2 aromatic carbocycles. The van der Waals surface area contributed by atoms with Gasteiger partial charge in [-0.25, -0.2) is 5.43 Å². The largest absolute Gasteiger partial charge is 0.508 e. The second-order valence-electron chi connectivity index (χ2n) is 4.91. The number of nitrogens with zero attached hydrogens (tertiary/aromatic N) is 1. The van der Waals surface area contributed by atoms with Gasteiger partial charge >= 0.3 is 0 Å². The van der Waals surface area contributed by atoms with Gasteiger partial charge in [0.1, 0.15) is 17.2 Å².